The van der Waals surface area contributed by atoms with Crippen molar-refractivity contribution in [2.24, 2.45) is 5.92 Å². The Labute approximate surface area is 111 Å². The highest BCUT2D eigenvalue weighted by Crippen LogP contribution is 2.31. The second kappa shape index (κ2) is 6.85. The Balaban J connectivity index is 1.50. The molecule has 1 saturated carbocycles. The fourth-order valence-corrected chi connectivity index (χ4v) is 2.62. The van der Waals surface area contributed by atoms with Crippen LogP contribution in [0, 0.1) is 5.92 Å². The molecule has 0 aromatic rings. The topological polar surface area (TPSA) is 44.7 Å². The van der Waals surface area contributed by atoms with Crippen molar-refractivity contribution in [1.82, 2.24) is 10.2 Å². The fraction of sp³-hybridized carbons (Fsp3) is 1.00. The fourth-order valence-electron chi connectivity index (χ4n) is 2.62. The zero-order valence-electron chi connectivity index (χ0n) is 11.8. The van der Waals surface area contributed by atoms with E-state index < -0.39 is 0 Å². The third-order valence-corrected chi connectivity index (χ3v) is 3.82. The molecule has 0 radical (unpaired) electrons. The highest BCUT2D eigenvalue weighted by molar-refractivity contribution is 4.89. The Kier molecular flexibility index (Phi) is 5.42. The van der Waals surface area contributed by atoms with Crippen molar-refractivity contribution >= 4 is 0 Å². The van der Waals surface area contributed by atoms with Crippen LogP contribution in [0.1, 0.15) is 33.1 Å². The van der Waals surface area contributed by atoms with Gasteiger partial charge >= 0.3 is 0 Å². The summed E-state index contributed by atoms with van der Waals surface area (Å²) >= 11 is 0. The number of nitrogens with zero attached hydrogens (tertiary/aromatic N) is 1. The van der Waals surface area contributed by atoms with Gasteiger partial charge in [-0.15, -0.1) is 0 Å². The van der Waals surface area contributed by atoms with Gasteiger partial charge in [0.2, 0.25) is 0 Å². The smallest absolute Gasteiger partial charge is 0.0897 e. The van der Waals surface area contributed by atoms with Crippen LogP contribution in [0.4, 0.5) is 0 Å². The molecule has 2 aliphatic rings. The van der Waals surface area contributed by atoms with Crippen LogP contribution in [0.2, 0.25) is 0 Å². The summed E-state index contributed by atoms with van der Waals surface area (Å²) in [6.45, 7) is 8.61. The van der Waals surface area contributed by atoms with Crippen LogP contribution in [0.3, 0.4) is 0 Å². The third-order valence-electron chi connectivity index (χ3n) is 3.82. The molecule has 106 valence electrons. The summed E-state index contributed by atoms with van der Waals surface area (Å²) in [6.07, 6.45) is 3.94. The number of nitrogens with one attached hydrogen (secondary N) is 1. The van der Waals surface area contributed by atoms with E-state index in [2.05, 4.69) is 10.2 Å². The maximum Gasteiger partial charge on any atom is 0.0897 e. The number of aliphatic hydroxyl groups is 1. The highest BCUT2D eigenvalue weighted by atomic mass is 16.5. The zero-order chi connectivity index (χ0) is 13.0. The molecule has 1 aliphatic carbocycles. The zero-order valence-corrected chi connectivity index (χ0v) is 11.8. The number of hydrogen-bond donors (Lipinski definition) is 2. The van der Waals surface area contributed by atoms with Crippen LogP contribution >= 0.6 is 0 Å². The van der Waals surface area contributed by atoms with E-state index in [0.29, 0.717) is 13.2 Å². The molecule has 4 heteroatoms. The standard InChI is InChI=1S/C14H28N2O2/c1-11(2)18-10-14(17)8-15-7-12-5-6-16(9-12)13-3-4-13/h11-15,17H,3-10H2,1-2H3. The van der Waals surface area contributed by atoms with Crippen molar-refractivity contribution < 1.29 is 9.84 Å². The predicted octanol–water partition coefficient (Wildman–Crippen LogP) is 0.846. The van der Waals surface area contributed by atoms with E-state index >= 15 is 0 Å². The Morgan fingerprint density at radius 3 is 2.78 bits per heavy atom. The maximum atomic E-state index is 9.72. The number of ether oxygens (including phenoxy) is 1. The number of aliphatic hydroxyl groups excluding tert-OH is 1. The van der Waals surface area contributed by atoms with E-state index in [9.17, 15) is 5.11 Å². The average molecular weight is 256 g/mol. The van der Waals surface area contributed by atoms with Crippen LogP contribution in [0.15, 0.2) is 0 Å². The van der Waals surface area contributed by atoms with Crippen LogP contribution in [-0.2, 0) is 4.74 Å². The normalized spacial score (nSPS) is 27.0. The minimum Gasteiger partial charge on any atom is -0.389 e. The van der Waals surface area contributed by atoms with Crippen LogP contribution < -0.4 is 5.32 Å². The molecule has 2 unspecified atom stereocenters. The maximum absolute atomic E-state index is 9.72. The lowest BCUT2D eigenvalue weighted by Gasteiger charge is -2.17. The summed E-state index contributed by atoms with van der Waals surface area (Å²) in [4.78, 5) is 2.63. The lowest BCUT2D eigenvalue weighted by atomic mass is 10.1. The van der Waals surface area contributed by atoms with Gasteiger partial charge in [0.25, 0.3) is 0 Å². The van der Waals surface area contributed by atoms with Crippen molar-refractivity contribution in [1.29, 1.82) is 0 Å². The van der Waals surface area contributed by atoms with Gasteiger partial charge in [0.15, 0.2) is 0 Å². The number of hydrogen-bond acceptors (Lipinski definition) is 4. The Morgan fingerprint density at radius 1 is 1.33 bits per heavy atom. The van der Waals surface area contributed by atoms with Crippen molar-refractivity contribution in [2.45, 2.75) is 51.4 Å². The highest BCUT2D eigenvalue weighted by Gasteiger charge is 2.33. The van der Waals surface area contributed by atoms with E-state index in [1.165, 1.54) is 32.4 Å². The first kappa shape index (κ1) is 14.3. The summed E-state index contributed by atoms with van der Waals surface area (Å²) < 4.78 is 5.38. The van der Waals surface area contributed by atoms with Gasteiger partial charge in [-0.1, -0.05) is 0 Å². The Morgan fingerprint density at radius 2 is 2.11 bits per heavy atom. The van der Waals surface area contributed by atoms with Crippen molar-refractivity contribution in [3.63, 3.8) is 0 Å². The minimum atomic E-state index is -0.381. The second-order valence-corrected chi connectivity index (χ2v) is 6.07. The summed E-state index contributed by atoms with van der Waals surface area (Å²) in [7, 11) is 0. The summed E-state index contributed by atoms with van der Waals surface area (Å²) in [6, 6.07) is 0.903. The molecule has 0 amide bonds. The number of rotatable bonds is 8. The molecular formula is C14H28N2O2. The molecule has 1 saturated heterocycles. The summed E-state index contributed by atoms with van der Waals surface area (Å²) in [5.74, 6) is 0.767. The molecule has 0 aromatic carbocycles. The van der Waals surface area contributed by atoms with E-state index in [-0.39, 0.29) is 12.2 Å². The monoisotopic (exact) mass is 256 g/mol. The van der Waals surface area contributed by atoms with Gasteiger partial charge in [0, 0.05) is 19.1 Å². The van der Waals surface area contributed by atoms with Crippen LogP contribution in [0.25, 0.3) is 0 Å². The van der Waals surface area contributed by atoms with Crippen LogP contribution in [0.5, 0.6) is 0 Å². The summed E-state index contributed by atoms with van der Waals surface area (Å²) in [5, 5.41) is 13.1. The molecule has 0 bridgehead atoms. The third kappa shape index (κ3) is 4.84. The van der Waals surface area contributed by atoms with Gasteiger partial charge in [-0.25, -0.2) is 0 Å². The molecule has 0 spiro atoms. The van der Waals surface area contributed by atoms with Crippen LogP contribution in [-0.4, -0.2) is 61.0 Å². The van der Waals surface area contributed by atoms with Gasteiger partial charge < -0.3 is 20.1 Å². The first-order valence-electron chi connectivity index (χ1n) is 7.39. The Bertz CT molecular complexity index is 244. The van der Waals surface area contributed by atoms with Gasteiger partial charge in [0.05, 0.1) is 18.8 Å². The van der Waals surface area contributed by atoms with E-state index in [0.717, 1.165) is 18.5 Å². The largest absolute Gasteiger partial charge is 0.389 e. The first-order chi connectivity index (χ1) is 8.65. The molecule has 2 fully saturated rings. The molecular weight excluding hydrogens is 228 g/mol. The molecule has 2 N–H and O–H groups in total. The number of likely N-dealkylation sites (tertiary alicyclic amines) is 1. The van der Waals surface area contributed by atoms with Gasteiger partial charge in [-0.05, 0) is 52.1 Å². The molecule has 1 aliphatic heterocycles. The predicted molar refractivity (Wildman–Crippen MR) is 72.7 cm³/mol. The van der Waals surface area contributed by atoms with Crippen molar-refractivity contribution in [3.05, 3.63) is 0 Å². The van der Waals surface area contributed by atoms with Gasteiger partial charge in [0.1, 0.15) is 0 Å². The quantitative estimate of drug-likeness (QED) is 0.676. The van der Waals surface area contributed by atoms with E-state index in [1.807, 2.05) is 13.8 Å². The second-order valence-electron chi connectivity index (χ2n) is 6.07. The minimum absolute atomic E-state index is 0.196. The lowest BCUT2D eigenvalue weighted by molar-refractivity contribution is 0.00618. The lowest BCUT2D eigenvalue weighted by Crippen LogP contribution is -2.35. The first-order valence-corrected chi connectivity index (χ1v) is 7.39. The van der Waals surface area contributed by atoms with E-state index in [1.54, 1.807) is 0 Å². The molecule has 2 atom stereocenters. The SMILES string of the molecule is CC(C)OCC(O)CNCC1CCN(C2CC2)C1. The molecule has 18 heavy (non-hydrogen) atoms. The Hall–Kier alpha value is -0.160. The van der Waals surface area contributed by atoms with E-state index in [4.69, 9.17) is 4.74 Å². The van der Waals surface area contributed by atoms with Crippen molar-refractivity contribution in [3.8, 4) is 0 Å². The van der Waals surface area contributed by atoms with Gasteiger partial charge in [-0.3, -0.25) is 0 Å². The summed E-state index contributed by atoms with van der Waals surface area (Å²) in [5.41, 5.74) is 0. The molecule has 2 rings (SSSR count). The van der Waals surface area contributed by atoms with Crippen molar-refractivity contribution in [2.75, 3.05) is 32.8 Å². The molecule has 1 heterocycles. The van der Waals surface area contributed by atoms with Gasteiger partial charge in [-0.2, -0.15) is 0 Å². The average Bonchev–Trinajstić information content (AvgIpc) is 3.07. The molecule has 0 aromatic heterocycles. The molecule has 4 nitrogen and oxygen atoms in total.